The van der Waals surface area contributed by atoms with Crippen molar-refractivity contribution < 1.29 is 0 Å². The Morgan fingerprint density at radius 3 is 2.65 bits per heavy atom. The maximum Gasteiger partial charge on any atom is 0.0400 e. The quantitative estimate of drug-likeness (QED) is 0.815. The lowest BCUT2D eigenvalue weighted by atomic mass is 10.2. The number of hydrogen-bond acceptors (Lipinski definition) is 3. The summed E-state index contributed by atoms with van der Waals surface area (Å²) in [6.45, 7) is 5.37. The van der Waals surface area contributed by atoms with Crippen molar-refractivity contribution in [3.63, 3.8) is 0 Å². The number of nitrogens with one attached hydrogen (secondary N) is 1. The van der Waals surface area contributed by atoms with Gasteiger partial charge in [-0.05, 0) is 52.9 Å². The van der Waals surface area contributed by atoms with Crippen molar-refractivity contribution in [2.75, 3.05) is 0 Å². The van der Waals surface area contributed by atoms with Crippen LogP contribution in [0.15, 0.2) is 28.1 Å². The van der Waals surface area contributed by atoms with Crippen LogP contribution < -0.4 is 5.32 Å². The third kappa shape index (κ3) is 3.41. The second kappa shape index (κ2) is 6.14. The molecule has 0 radical (unpaired) electrons. The highest BCUT2D eigenvalue weighted by atomic mass is 79.9. The van der Waals surface area contributed by atoms with E-state index < -0.39 is 0 Å². The van der Waals surface area contributed by atoms with Crippen LogP contribution in [0.25, 0.3) is 0 Å². The molecule has 92 valence electrons. The van der Waals surface area contributed by atoms with Gasteiger partial charge in [0.15, 0.2) is 0 Å². The summed E-state index contributed by atoms with van der Waals surface area (Å²) in [5, 5.41) is 5.69. The lowest BCUT2D eigenvalue weighted by Gasteiger charge is -2.11. The van der Waals surface area contributed by atoms with Crippen molar-refractivity contribution in [3.8, 4) is 0 Å². The van der Waals surface area contributed by atoms with Gasteiger partial charge in [-0.15, -0.1) is 22.7 Å². The minimum absolute atomic E-state index is 0.400. The van der Waals surface area contributed by atoms with E-state index in [1.807, 2.05) is 11.3 Å². The van der Waals surface area contributed by atoms with Gasteiger partial charge in [0.05, 0.1) is 0 Å². The van der Waals surface area contributed by atoms with Gasteiger partial charge >= 0.3 is 0 Å². The first kappa shape index (κ1) is 13.3. The summed E-state index contributed by atoms with van der Waals surface area (Å²) in [6.07, 6.45) is 1.14. The molecule has 0 aliphatic rings. The maximum absolute atomic E-state index is 3.58. The molecule has 1 nitrogen and oxygen atoms in total. The number of halogens is 1. The zero-order valence-electron chi connectivity index (χ0n) is 10.00. The molecule has 0 aromatic carbocycles. The summed E-state index contributed by atoms with van der Waals surface area (Å²) in [5.74, 6) is 0. The summed E-state index contributed by atoms with van der Waals surface area (Å²) >= 11 is 7.28. The Balaban J connectivity index is 1.92. The van der Waals surface area contributed by atoms with Crippen LogP contribution in [0.5, 0.6) is 0 Å². The predicted molar refractivity (Wildman–Crippen MR) is 81.0 cm³/mol. The molecule has 2 aromatic heterocycles. The molecule has 4 heteroatoms. The van der Waals surface area contributed by atoms with E-state index in [1.165, 1.54) is 19.1 Å². The summed E-state index contributed by atoms with van der Waals surface area (Å²) < 4.78 is 1.21. The van der Waals surface area contributed by atoms with Crippen molar-refractivity contribution in [2.45, 2.75) is 32.9 Å². The third-order valence-electron chi connectivity index (χ3n) is 2.69. The molecule has 0 aliphatic carbocycles. The fourth-order valence-corrected chi connectivity index (χ4v) is 4.33. The average Bonchev–Trinajstić information content (AvgIpc) is 2.94. The molecular weight excluding hydrogens is 314 g/mol. The Kier molecular flexibility index (Phi) is 4.79. The smallest absolute Gasteiger partial charge is 0.0400 e. The Hall–Kier alpha value is -0.160. The monoisotopic (exact) mass is 329 g/mol. The van der Waals surface area contributed by atoms with E-state index in [0.717, 1.165) is 13.0 Å². The Morgan fingerprint density at radius 1 is 1.29 bits per heavy atom. The largest absolute Gasteiger partial charge is 0.305 e. The number of thiophene rings is 2. The molecule has 2 aromatic rings. The van der Waals surface area contributed by atoms with Crippen LogP contribution >= 0.6 is 38.6 Å². The van der Waals surface area contributed by atoms with E-state index >= 15 is 0 Å². The molecule has 17 heavy (non-hydrogen) atoms. The molecule has 1 N–H and O–H groups in total. The van der Waals surface area contributed by atoms with E-state index in [2.05, 4.69) is 58.7 Å². The van der Waals surface area contributed by atoms with Crippen LogP contribution in [0.2, 0.25) is 0 Å². The van der Waals surface area contributed by atoms with Crippen LogP contribution in [0.1, 0.15) is 34.5 Å². The Morgan fingerprint density at radius 2 is 2.06 bits per heavy atom. The van der Waals surface area contributed by atoms with Crippen LogP contribution in [0, 0.1) is 0 Å². The van der Waals surface area contributed by atoms with Crippen LogP contribution in [0.4, 0.5) is 0 Å². The van der Waals surface area contributed by atoms with Crippen molar-refractivity contribution in [1.82, 2.24) is 5.32 Å². The van der Waals surface area contributed by atoms with Gasteiger partial charge < -0.3 is 5.32 Å². The first-order valence-corrected chi connectivity index (χ1v) is 8.23. The fraction of sp³-hybridized carbons (Fsp3) is 0.385. The average molecular weight is 330 g/mol. The highest BCUT2D eigenvalue weighted by Gasteiger charge is 2.10. The molecular formula is C13H16BrNS2. The van der Waals surface area contributed by atoms with Gasteiger partial charge in [0.25, 0.3) is 0 Å². The zero-order chi connectivity index (χ0) is 12.3. The van der Waals surface area contributed by atoms with Gasteiger partial charge in [0, 0.05) is 31.7 Å². The van der Waals surface area contributed by atoms with Gasteiger partial charge in [0.2, 0.25) is 0 Å². The maximum atomic E-state index is 3.58. The molecule has 0 aliphatic heterocycles. The normalized spacial score (nSPS) is 12.9. The second-order valence-corrected chi connectivity index (χ2v) is 7.01. The van der Waals surface area contributed by atoms with E-state index in [1.54, 1.807) is 11.3 Å². The number of aryl methyl sites for hydroxylation is 1. The highest BCUT2D eigenvalue weighted by molar-refractivity contribution is 9.10. The van der Waals surface area contributed by atoms with Crippen molar-refractivity contribution in [1.29, 1.82) is 0 Å². The fourth-order valence-electron chi connectivity index (χ4n) is 1.67. The lowest BCUT2D eigenvalue weighted by Crippen LogP contribution is -2.16. The second-order valence-electron chi connectivity index (χ2n) is 3.96. The molecule has 0 saturated carbocycles. The van der Waals surface area contributed by atoms with Crippen LogP contribution in [-0.4, -0.2) is 0 Å². The minimum atomic E-state index is 0.400. The van der Waals surface area contributed by atoms with Crippen molar-refractivity contribution >= 4 is 38.6 Å². The van der Waals surface area contributed by atoms with E-state index in [9.17, 15) is 0 Å². The molecule has 0 amide bonds. The van der Waals surface area contributed by atoms with Gasteiger partial charge in [-0.25, -0.2) is 0 Å². The topological polar surface area (TPSA) is 12.0 Å². The first-order chi connectivity index (χ1) is 8.20. The van der Waals surface area contributed by atoms with Crippen molar-refractivity contribution in [2.24, 2.45) is 0 Å². The summed E-state index contributed by atoms with van der Waals surface area (Å²) in [5.41, 5.74) is 0. The molecule has 0 spiro atoms. The van der Waals surface area contributed by atoms with Gasteiger partial charge in [-0.2, -0.15) is 0 Å². The molecule has 2 rings (SSSR count). The van der Waals surface area contributed by atoms with E-state index in [-0.39, 0.29) is 0 Å². The number of rotatable bonds is 5. The van der Waals surface area contributed by atoms with E-state index in [4.69, 9.17) is 0 Å². The molecule has 1 unspecified atom stereocenters. The van der Waals surface area contributed by atoms with Gasteiger partial charge in [0.1, 0.15) is 0 Å². The molecule has 1 atom stereocenters. The van der Waals surface area contributed by atoms with E-state index in [0.29, 0.717) is 6.04 Å². The Bertz CT molecular complexity index is 475. The minimum Gasteiger partial charge on any atom is -0.305 e. The van der Waals surface area contributed by atoms with Gasteiger partial charge in [-0.3, -0.25) is 0 Å². The molecule has 2 heterocycles. The Labute approximate surface area is 119 Å². The molecule has 0 fully saturated rings. The van der Waals surface area contributed by atoms with Crippen LogP contribution in [0.3, 0.4) is 0 Å². The van der Waals surface area contributed by atoms with Gasteiger partial charge in [-0.1, -0.05) is 6.92 Å². The standard InChI is InChI=1S/C13H16BrNS2/c1-3-10-4-5-11(17-10)8-15-9(2)13-12(14)6-7-16-13/h4-7,9,15H,3,8H2,1-2H3. The summed E-state index contributed by atoms with van der Waals surface area (Å²) in [7, 11) is 0. The molecule has 0 saturated heterocycles. The SMILES string of the molecule is CCc1ccc(CNC(C)c2sccc2Br)s1. The zero-order valence-corrected chi connectivity index (χ0v) is 13.2. The molecule has 0 bridgehead atoms. The first-order valence-electron chi connectivity index (χ1n) is 5.74. The number of hydrogen-bond donors (Lipinski definition) is 1. The highest BCUT2D eigenvalue weighted by Crippen LogP contribution is 2.29. The predicted octanol–water partition coefficient (Wildman–Crippen LogP) is 4.99. The summed E-state index contributed by atoms with van der Waals surface area (Å²) in [4.78, 5) is 4.26. The summed E-state index contributed by atoms with van der Waals surface area (Å²) in [6, 6.07) is 6.97. The lowest BCUT2D eigenvalue weighted by molar-refractivity contribution is 0.585. The van der Waals surface area contributed by atoms with Crippen LogP contribution in [-0.2, 0) is 13.0 Å². The third-order valence-corrected chi connectivity index (χ3v) is 5.97. The van der Waals surface area contributed by atoms with Crippen molar-refractivity contribution in [3.05, 3.63) is 42.7 Å².